The number of anilines is 2. The van der Waals surface area contributed by atoms with Gasteiger partial charge in [-0.1, -0.05) is 24.3 Å². The van der Waals surface area contributed by atoms with Crippen molar-refractivity contribution in [2.45, 2.75) is 25.4 Å². The van der Waals surface area contributed by atoms with Crippen LogP contribution in [0.4, 0.5) is 16.2 Å². The lowest BCUT2D eigenvalue weighted by Crippen LogP contribution is -2.34. The van der Waals surface area contributed by atoms with E-state index in [0.717, 1.165) is 5.56 Å². The molecule has 0 aliphatic carbocycles. The molecule has 3 rings (SSSR count). The monoisotopic (exact) mass is 565 g/mol. The average Bonchev–Trinajstić information content (AvgIpc) is 2.99. The van der Waals surface area contributed by atoms with Gasteiger partial charge in [0.25, 0.3) is 0 Å². The zero-order chi connectivity index (χ0) is 29.8. The molecule has 3 aromatic carbocycles. The van der Waals surface area contributed by atoms with Crippen molar-refractivity contribution in [3.8, 4) is 11.5 Å². The summed E-state index contributed by atoms with van der Waals surface area (Å²) in [6.07, 6.45) is -1.17. The van der Waals surface area contributed by atoms with Gasteiger partial charge < -0.3 is 40.4 Å². The Morgan fingerprint density at radius 2 is 1.63 bits per heavy atom. The molecule has 0 saturated carbocycles. The zero-order valence-corrected chi connectivity index (χ0v) is 23.2. The van der Waals surface area contributed by atoms with Gasteiger partial charge in [0.2, 0.25) is 5.91 Å². The van der Waals surface area contributed by atoms with Crippen molar-refractivity contribution in [3.05, 3.63) is 83.4 Å². The van der Waals surface area contributed by atoms with Crippen LogP contribution in [-0.2, 0) is 9.53 Å². The predicted octanol–water partition coefficient (Wildman–Crippen LogP) is 3.46. The van der Waals surface area contributed by atoms with Crippen molar-refractivity contribution < 1.29 is 38.8 Å². The number of carbonyl (C=O) groups is 3. The number of hydrogen-bond acceptors (Lipinski definition) is 8. The Morgan fingerprint density at radius 3 is 2.29 bits per heavy atom. The van der Waals surface area contributed by atoms with Gasteiger partial charge in [0.15, 0.2) is 0 Å². The number of ether oxygens (including phenoxy) is 3. The lowest BCUT2D eigenvalue weighted by Gasteiger charge is -2.21. The molecular weight excluding hydrogens is 530 g/mol. The average molecular weight is 566 g/mol. The Morgan fingerprint density at radius 1 is 0.927 bits per heavy atom. The molecule has 2 atom stereocenters. The number of benzene rings is 3. The van der Waals surface area contributed by atoms with Crippen molar-refractivity contribution in [2.24, 2.45) is 0 Å². The lowest BCUT2D eigenvalue weighted by atomic mass is 9.91. The van der Waals surface area contributed by atoms with Crippen LogP contribution in [0.15, 0.2) is 66.7 Å². The van der Waals surface area contributed by atoms with E-state index >= 15 is 0 Å². The molecule has 0 fully saturated rings. The largest absolute Gasteiger partial charge is 0.495 e. The first-order valence-electron chi connectivity index (χ1n) is 12.9. The van der Waals surface area contributed by atoms with Gasteiger partial charge >= 0.3 is 12.0 Å². The second-order valence-electron chi connectivity index (χ2n) is 9.13. The summed E-state index contributed by atoms with van der Waals surface area (Å²) in [6, 6.07) is 18.2. The first-order chi connectivity index (χ1) is 19.7. The number of nitrogens with one attached hydrogen (secondary N) is 3. The Kier molecular flexibility index (Phi) is 11.5. The van der Waals surface area contributed by atoms with E-state index in [1.165, 1.54) is 14.2 Å². The minimum atomic E-state index is -1.13. The van der Waals surface area contributed by atoms with Crippen molar-refractivity contribution >= 4 is 29.3 Å². The third kappa shape index (κ3) is 8.95. The number of urea groups is 1. The van der Waals surface area contributed by atoms with Crippen molar-refractivity contribution in [1.29, 1.82) is 0 Å². The third-order valence-corrected chi connectivity index (χ3v) is 6.25. The van der Waals surface area contributed by atoms with E-state index < -0.39 is 30.6 Å². The van der Waals surface area contributed by atoms with Gasteiger partial charge in [-0.25, -0.2) is 9.59 Å². The van der Waals surface area contributed by atoms with Crippen LogP contribution >= 0.6 is 0 Å². The smallest absolute Gasteiger partial charge is 0.337 e. The maximum atomic E-state index is 13.1. The molecule has 0 aliphatic heterocycles. The second-order valence-corrected chi connectivity index (χ2v) is 9.13. The van der Waals surface area contributed by atoms with Crippen LogP contribution in [-0.4, -0.2) is 68.2 Å². The molecule has 11 heteroatoms. The third-order valence-electron chi connectivity index (χ3n) is 6.25. The van der Waals surface area contributed by atoms with Crippen molar-refractivity contribution in [1.82, 2.24) is 5.32 Å². The van der Waals surface area contributed by atoms with Gasteiger partial charge in [-0.3, -0.25) is 4.79 Å². The molecule has 3 aromatic rings. The Hall–Kier alpha value is -4.61. The standard InChI is InChI=1S/C30H35N3O8/c1-19-6-4-5-7-25(19)32-30(38)33-26-13-10-21(16-27(26)39-2)24(17-22(35)18-34)28(36)31-14-15-41-23-11-8-20(9-12-23)29(37)40-3/h4-13,16,22,24,34-35H,14-15,17-18H2,1-3H3,(H,31,36)(H2,32,33,38). The fourth-order valence-electron chi connectivity index (χ4n) is 4.03. The zero-order valence-electron chi connectivity index (χ0n) is 23.2. The first-order valence-corrected chi connectivity index (χ1v) is 12.9. The summed E-state index contributed by atoms with van der Waals surface area (Å²) in [4.78, 5) is 37.3. The maximum absolute atomic E-state index is 13.1. The molecule has 0 bridgehead atoms. The van der Waals surface area contributed by atoms with Crippen LogP contribution in [0.3, 0.4) is 0 Å². The molecule has 0 saturated heterocycles. The number of methoxy groups -OCH3 is 2. The van der Waals surface area contributed by atoms with E-state index in [2.05, 4.69) is 20.7 Å². The first kappa shape index (κ1) is 30.9. The fraction of sp³-hybridized carbons (Fsp3) is 0.300. The Labute approximate surface area is 238 Å². The Bertz CT molecular complexity index is 1330. The quantitative estimate of drug-likeness (QED) is 0.156. The second kappa shape index (κ2) is 15.2. The summed E-state index contributed by atoms with van der Waals surface area (Å²) in [6.45, 7) is 1.69. The van der Waals surface area contributed by atoms with Crippen LogP contribution < -0.4 is 25.4 Å². The molecule has 41 heavy (non-hydrogen) atoms. The van der Waals surface area contributed by atoms with Crippen molar-refractivity contribution in [3.63, 3.8) is 0 Å². The highest BCUT2D eigenvalue weighted by molar-refractivity contribution is 6.01. The van der Waals surface area contributed by atoms with Crippen molar-refractivity contribution in [2.75, 3.05) is 44.6 Å². The number of aryl methyl sites for hydroxylation is 1. The molecule has 5 N–H and O–H groups in total. The lowest BCUT2D eigenvalue weighted by molar-refractivity contribution is -0.123. The number of carbonyl (C=O) groups excluding carboxylic acids is 3. The van der Waals surface area contributed by atoms with E-state index in [9.17, 15) is 24.6 Å². The number of hydrogen-bond donors (Lipinski definition) is 5. The van der Waals surface area contributed by atoms with Crippen LogP contribution in [0.25, 0.3) is 0 Å². The predicted molar refractivity (Wildman–Crippen MR) is 154 cm³/mol. The highest BCUT2D eigenvalue weighted by Crippen LogP contribution is 2.31. The molecular formula is C30H35N3O8. The highest BCUT2D eigenvalue weighted by Gasteiger charge is 2.25. The number of esters is 1. The van der Waals surface area contributed by atoms with Gasteiger partial charge in [-0.15, -0.1) is 0 Å². The number of aliphatic hydroxyl groups excluding tert-OH is 2. The summed E-state index contributed by atoms with van der Waals surface area (Å²) in [7, 11) is 2.74. The minimum absolute atomic E-state index is 0.0398. The van der Waals surface area contributed by atoms with Crippen LogP contribution in [0.1, 0.15) is 33.8 Å². The molecule has 0 radical (unpaired) electrons. The maximum Gasteiger partial charge on any atom is 0.337 e. The summed E-state index contributed by atoms with van der Waals surface area (Å²) in [5.41, 5.74) is 2.87. The molecule has 3 amide bonds. The molecule has 0 aliphatic rings. The normalized spacial score (nSPS) is 12.0. The van der Waals surface area contributed by atoms with Gasteiger partial charge in [-0.2, -0.15) is 0 Å². The van der Waals surface area contributed by atoms with Gasteiger partial charge in [0, 0.05) is 5.69 Å². The molecule has 0 spiro atoms. The number of aliphatic hydroxyl groups is 2. The van der Waals surface area contributed by atoms with Gasteiger partial charge in [0.1, 0.15) is 18.1 Å². The summed E-state index contributed by atoms with van der Waals surface area (Å²) < 4.78 is 15.8. The van der Waals surface area contributed by atoms with Gasteiger partial charge in [0.05, 0.1) is 50.6 Å². The summed E-state index contributed by atoms with van der Waals surface area (Å²) in [5.74, 6) is -0.829. The topological polar surface area (TPSA) is 155 Å². The summed E-state index contributed by atoms with van der Waals surface area (Å²) in [5, 5.41) is 27.8. The van der Waals surface area contributed by atoms with E-state index in [4.69, 9.17) is 9.47 Å². The summed E-state index contributed by atoms with van der Waals surface area (Å²) >= 11 is 0. The molecule has 2 unspecified atom stereocenters. The highest BCUT2D eigenvalue weighted by atomic mass is 16.5. The molecule has 218 valence electrons. The number of amides is 3. The van der Waals surface area contributed by atoms with Crippen LogP contribution in [0.2, 0.25) is 0 Å². The van der Waals surface area contributed by atoms with E-state index in [1.807, 2.05) is 25.1 Å². The number of para-hydroxylation sites is 1. The van der Waals surface area contributed by atoms with E-state index in [0.29, 0.717) is 34.0 Å². The van der Waals surface area contributed by atoms with Gasteiger partial charge in [-0.05, 0) is 66.9 Å². The van der Waals surface area contributed by atoms with Crippen LogP contribution in [0.5, 0.6) is 11.5 Å². The molecule has 11 nitrogen and oxygen atoms in total. The van der Waals surface area contributed by atoms with Crippen LogP contribution in [0, 0.1) is 6.92 Å². The molecule has 0 aromatic heterocycles. The fourth-order valence-corrected chi connectivity index (χ4v) is 4.03. The number of rotatable bonds is 13. The SMILES string of the molecule is COC(=O)c1ccc(OCCNC(=O)C(CC(O)CO)c2ccc(NC(=O)Nc3ccccc3C)c(OC)c2)cc1. The van der Waals surface area contributed by atoms with E-state index in [1.54, 1.807) is 48.5 Å². The van der Waals surface area contributed by atoms with E-state index in [-0.39, 0.29) is 25.5 Å². The Balaban J connectivity index is 1.64. The molecule has 0 heterocycles. The minimum Gasteiger partial charge on any atom is -0.495 e.